The van der Waals surface area contributed by atoms with Crippen LogP contribution in [0.2, 0.25) is 0 Å². The zero-order valence-corrected chi connectivity index (χ0v) is 14.4. The Bertz CT molecular complexity index is 662. The quantitative estimate of drug-likeness (QED) is 0.679. The second-order valence-corrected chi connectivity index (χ2v) is 6.55. The Morgan fingerprint density at radius 1 is 1.22 bits per heavy atom. The minimum atomic E-state index is -0.810. The van der Waals surface area contributed by atoms with Crippen molar-refractivity contribution in [3.63, 3.8) is 0 Å². The van der Waals surface area contributed by atoms with E-state index in [1.165, 1.54) is 6.92 Å². The smallest absolute Gasteiger partial charge is 0.308 e. The van der Waals surface area contributed by atoms with E-state index in [9.17, 15) is 9.59 Å². The third-order valence-electron chi connectivity index (χ3n) is 4.68. The van der Waals surface area contributed by atoms with E-state index in [1.54, 1.807) is 0 Å². The molecule has 0 bridgehead atoms. The number of benzene rings is 1. The number of carbonyl (C=O) groups is 2. The zero-order chi connectivity index (χ0) is 17.4. The number of ether oxygens (including phenoxy) is 2. The molecule has 126 valence electrons. The fourth-order valence-corrected chi connectivity index (χ4v) is 3.13. The first-order valence-corrected chi connectivity index (χ1v) is 7.86. The second kappa shape index (κ2) is 6.22. The lowest BCUT2D eigenvalue weighted by Gasteiger charge is -2.38. The SMILES string of the molecule is CC(=O)Oc1c(C)c(C)c2c(c1C)CCC(C)(CCC(=O)O)O2. The third kappa shape index (κ3) is 3.49. The van der Waals surface area contributed by atoms with Gasteiger partial charge in [-0.1, -0.05) is 0 Å². The monoisotopic (exact) mass is 320 g/mol. The molecule has 1 heterocycles. The van der Waals surface area contributed by atoms with Crippen molar-refractivity contribution in [2.24, 2.45) is 0 Å². The van der Waals surface area contributed by atoms with Crippen molar-refractivity contribution in [2.45, 2.75) is 65.9 Å². The van der Waals surface area contributed by atoms with Crippen molar-refractivity contribution in [3.8, 4) is 11.5 Å². The maximum atomic E-state index is 11.3. The van der Waals surface area contributed by atoms with Crippen LogP contribution in [0.25, 0.3) is 0 Å². The number of hydrogen-bond donors (Lipinski definition) is 1. The standard InChI is InChI=1S/C18H24O5/c1-10-11(2)17-14(12(3)16(10)22-13(4)19)6-8-18(5,23-17)9-7-15(20)21/h6-9H2,1-5H3,(H,20,21). The molecule has 1 unspecified atom stereocenters. The first kappa shape index (κ1) is 17.3. The fourth-order valence-electron chi connectivity index (χ4n) is 3.13. The van der Waals surface area contributed by atoms with Crippen LogP contribution < -0.4 is 9.47 Å². The first-order chi connectivity index (χ1) is 10.6. The van der Waals surface area contributed by atoms with E-state index in [2.05, 4.69) is 0 Å². The van der Waals surface area contributed by atoms with Gasteiger partial charge in [-0.05, 0) is 63.6 Å². The van der Waals surface area contributed by atoms with Gasteiger partial charge in [0.2, 0.25) is 0 Å². The summed E-state index contributed by atoms with van der Waals surface area (Å²) in [6.07, 6.45) is 2.10. The normalized spacial score (nSPS) is 19.7. The minimum absolute atomic E-state index is 0.0916. The molecule has 5 nitrogen and oxygen atoms in total. The highest BCUT2D eigenvalue weighted by atomic mass is 16.5. The van der Waals surface area contributed by atoms with Gasteiger partial charge < -0.3 is 14.6 Å². The Morgan fingerprint density at radius 2 is 1.87 bits per heavy atom. The van der Waals surface area contributed by atoms with E-state index in [4.69, 9.17) is 14.6 Å². The molecule has 0 radical (unpaired) electrons. The molecule has 0 aromatic heterocycles. The van der Waals surface area contributed by atoms with Gasteiger partial charge in [0, 0.05) is 18.9 Å². The van der Waals surface area contributed by atoms with Crippen LogP contribution in [0.15, 0.2) is 0 Å². The summed E-state index contributed by atoms with van der Waals surface area (Å²) in [5.41, 5.74) is 3.34. The zero-order valence-electron chi connectivity index (χ0n) is 14.4. The van der Waals surface area contributed by atoms with Crippen molar-refractivity contribution in [2.75, 3.05) is 0 Å². The summed E-state index contributed by atoms with van der Waals surface area (Å²) in [6.45, 7) is 9.15. The summed E-state index contributed by atoms with van der Waals surface area (Å²) in [4.78, 5) is 22.2. The Morgan fingerprint density at radius 3 is 2.43 bits per heavy atom. The summed E-state index contributed by atoms with van der Waals surface area (Å²) >= 11 is 0. The molecule has 0 amide bonds. The Labute approximate surface area is 136 Å². The summed E-state index contributed by atoms with van der Waals surface area (Å²) < 4.78 is 11.6. The second-order valence-electron chi connectivity index (χ2n) is 6.55. The Balaban J connectivity index is 2.41. The molecule has 1 aliphatic heterocycles. The predicted octanol–water partition coefficient (Wildman–Crippen LogP) is 3.49. The van der Waals surface area contributed by atoms with Gasteiger partial charge in [0.15, 0.2) is 0 Å². The maximum Gasteiger partial charge on any atom is 0.308 e. The Hall–Kier alpha value is -2.04. The van der Waals surface area contributed by atoms with Gasteiger partial charge in [0.05, 0.1) is 0 Å². The van der Waals surface area contributed by atoms with E-state index < -0.39 is 11.6 Å². The van der Waals surface area contributed by atoms with Gasteiger partial charge in [-0.3, -0.25) is 9.59 Å². The van der Waals surface area contributed by atoms with Crippen LogP contribution in [0.4, 0.5) is 0 Å². The molecule has 1 aromatic rings. The van der Waals surface area contributed by atoms with Crippen LogP contribution in [0.5, 0.6) is 11.5 Å². The van der Waals surface area contributed by atoms with Crippen molar-refractivity contribution in [1.82, 2.24) is 0 Å². The van der Waals surface area contributed by atoms with E-state index in [1.807, 2.05) is 27.7 Å². The maximum absolute atomic E-state index is 11.3. The van der Waals surface area contributed by atoms with Crippen molar-refractivity contribution in [3.05, 3.63) is 22.3 Å². The number of carboxylic acid groups (broad SMARTS) is 1. The van der Waals surface area contributed by atoms with Gasteiger partial charge in [-0.15, -0.1) is 0 Å². The van der Waals surface area contributed by atoms with Gasteiger partial charge in [0.25, 0.3) is 0 Å². The molecule has 0 saturated carbocycles. The summed E-state index contributed by atoms with van der Waals surface area (Å²) in [6, 6.07) is 0. The highest BCUT2D eigenvalue weighted by molar-refractivity contribution is 5.72. The van der Waals surface area contributed by atoms with E-state index in [-0.39, 0.29) is 12.4 Å². The van der Waals surface area contributed by atoms with E-state index in [0.717, 1.165) is 40.8 Å². The van der Waals surface area contributed by atoms with Gasteiger partial charge in [-0.25, -0.2) is 0 Å². The third-order valence-corrected chi connectivity index (χ3v) is 4.68. The van der Waals surface area contributed by atoms with Gasteiger partial charge in [0.1, 0.15) is 17.1 Å². The number of rotatable bonds is 4. The molecule has 23 heavy (non-hydrogen) atoms. The molecule has 1 atom stereocenters. The van der Waals surface area contributed by atoms with E-state index in [0.29, 0.717) is 12.2 Å². The number of aliphatic carboxylic acids is 1. The lowest BCUT2D eigenvalue weighted by Crippen LogP contribution is -2.37. The van der Waals surface area contributed by atoms with Crippen LogP contribution in [0, 0.1) is 20.8 Å². The molecular weight excluding hydrogens is 296 g/mol. The number of carbonyl (C=O) groups excluding carboxylic acids is 1. The summed E-state index contributed by atoms with van der Waals surface area (Å²) in [7, 11) is 0. The molecule has 5 heteroatoms. The van der Waals surface area contributed by atoms with Crippen LogP contribution in [0.1, 0.15) is 55.4 Å². The number of esters is 1. The van der Waals surface area contributed by atoms with Crippen molar-refractivity contribution in [1.29, 1.82) is 0 Å². The lowest BCUT2D eigenvalue weighted by molar-refractivity contribution is -0.138. The molecule has 0 saturated heterocycles. The highest BCUT2D eigenvalue weighted by Gasteiger charge is 2.35. The molecule has 1 N–H and O–H groups in total. The molecule has 1 aliphatic rings. The summed E-state index contributed by atoms with van der Waals surface area (Å²) in [5.74, 6) is 0.287. The van der Waals surface area contributed by atoms with Crippen molar-refractivity contribution >= 4 is 11.9 Å². The topological polar surface area (TPSA) is 72.8 Å². The van der Waals surface area contributed by atoms with Crippen LogP contribution in [-0.4, -0.2) is 22.6 Å². The molecule has 1 aromatic carbocycles. The predicted molar refractivity (Wildman–Crippen MR) is 86.2 cm³/mol. The number of fused-ring (bicyclic) bond motifs is 1. The average molecular weight is 320 g/mol. The van der Waals surface area contributed by atoms with Gasteiger partial charge >= 0.3 is 11.9 Å². The molecule has 0 spiro atoms. The largest absolute Gasteiger partial charge is 0.487 e. The van der Waals surface area contributed by atoms with E-state index >= 15 is 0 Å². The highest BCUT2D eigenvalue weighted by Crippen LogP contribution is 2.44. The minimum Gasteiger partial charge on any atom is -0.487 e. The van der Waals surface area contributed by atoms with Crippen molar-refractivity contribution < 1.29 is 24.2 Å². The van der Waals surface area contributed by atoms with Crippen LogP contribution in [0.3, 0.4) is 0 Å². The number of carboxylic acids is 1. The molecule has 0 aliphatic carbocycles. The molecular formula is C18H24O5. The van der Waals surface area contributed by atoms with Crippen LogP contribution >= 0.6 is 0 Å². The fraction of sp³-hybridized carbons (Fsp3) is 0.556. The average Bonchev–Trinajstić information content (AvgIpc) is 2.47. The number of hydrogen-bond acceptors (Lipinski definition) is 4. The first-order valence-electron chi connectivity index (χ1n) is 7.86. The van der Waals surface area contributed by atoms with Gasteiger partial charge in [-0.2, -0.15) is 0 Å². The van der Waals surface area contributed by atoms with Crippen LogP contribution in [-0.2, 0) is 16.0 Å². The summed E-state index contributed by atoms with van der Waals surface area (Å²) in [5, 5.41) is 8.91. The Kier molecular flexibility index (Phi) is 4.68. The molecule has 2 rings (SSSR count). The lowest BCUT2D eigenvalue weighted by atomic mass is 9.85. The molecule has 0 fully saturated rings.